The third-order valence-corrected chi connectivity index (χ3v) is 3.51. The summed E-state index contributed by atoms with van der Waals surface area (Å²) in [5.74, 6) is -0.611. The Kier molecular flexibility index (Phi) is 3.33. The van der Waals surface area contributed by atoms with E-state index in [1.54, 1.807) is 0 Å². The number of aromatic carboxylic acids is 1. The molecular weight excluding hydrogens is 254 g/mol. The third kappa shape index (κ3) is 2.47. The Hall–Kier alpha value is -2.43. The maximum absolute atomic E-state index is 10.9. The predicted octanol–water partition coefficient (Wildman–Crippen LogP) is 2.80. The van der Waals surface area contributed by atoms with Crippen molar-refractivity contribution in [3.8, 4) is 0 Å². The van der Waals surface area contributed by atoms with Crippen molar-refractivity contribution < 1.29 is 9.90 Å². The molecule has 0 bridgehead atoms. The smallest absolute Gasteiger partial charge is 0.356 e. The maximum atomic E-state index is 10.9. The molecule has 0 amide bonds. The fourth-order valence-electron chi connectivity index (χ4n) is 2.57. The molecule has 1 aromatic carbocycles. The average molecular weight is 269 g/mol. The van der Waals surface area contributed by atoms with Crippen LogP contribution in [-0.4, -0.2) is 21.0 Å². The van der Waals surface area contributed by atoms with Crippen LogP contribution in [0.15, 0.2) is 30.6 Å². The van der Waals surface area contributed by atoms with E-state index in [-0.39, 0.29) is 5.69 Å². The van der Waals surface area contributed by atoms with E-state index in [1.807, 2.05) is 12.1 Å². The van der Waals surface area contributed by atoms with E-state index >= 15 is 0 Å². The van der Waals surface area contributed by atoms with Gasteiger partial charge in [-0.15, -0.1) is 0 Å². The largest absolute Gasteiger partial charge is 0.476 e. The van der Waals surface area contributed by atoms with Crippen molar-refractivity contribution in [3.63, 3.8) is 0 Å². The van der Waals surface area contributed by atoms with Gasteiger partial charge in [-0.3, -0.25) is 4.98 Å². The van der Waals surface area contributed by atoms with Gasteiger partial charge in [-0.2, -0.15) is 0 Å². The molecule has 0 radical (unpaired) electrons. The number of nitrogens with one attached hydrogen (secondary N) is 1. The molecule has 0 fully saturated rings. The van der Waals surface area contributed by atoms with Crippen molar-refractivity contribution in [2.45, 2.75) is 25.7 Å². The minimum Gasteiger partial charge on any atom is -0.476 e. The van der Waals surface area contributed by atoms with E-state index in [1.165, 1.54) is 36.4 Å². The fourth-order valence-corrected chi connectivity index (χ4v) is 2.57. The molecule has 20 heavy (non-hydrogen) atoms. The summed E-state index contributed by atoms with van der Waals surface area (Å²) < 4.78 is 0. The molecule has 3 rings (SSSR count). The number of aromatic nitrogens is 2. The molecule has 102 valence electrons. The van der Waals surface area contributed by atoms with Crippen LogP contribution in [0.25, 0.3) is 0 Å². The fraction of sp³-hybridized carbons (Fsp3) is 0.267. The molecule has 5 heteroatoms. The second kappa shape index (κ2) is 5.28. The number of aryl methyl sites for hydroxylation is 1. The SMILES string of the molecule is O=C(O)c1cncc(Nc2cccc3c2CCCC3)n1. The molecule has 0 unspecified atom stereocenters. The van der Waals surface area contributed by atoms with Gasteiger partial charge in [0.05, 0.1) is 12.4 Å². The summed E-state index contributed by atoms with van der Waals surface area (Å²) in [7, 11) is 0. The summed E-state index contributed by atoms with van der Waals surface area (Å²) in [5.41, 5.74) is 3.61. The van der Waals surface area contributed by atoms with Crippen molar-refractivity contribution in [1.82, 2.24) is 9.97 Å². The zero-order valence-electron chi connectivity index (χ0n) is 11.0. The molecule has 0 saturated heterocycles. The van der Waals surface area contributed by atoms with E-state index in [0.29, 0.717) is 5.82 Å². The predicted molar refractivity (Wildman–Crippen MR) is 75.4 cm³/mol. The standard InChI is InChI=1S/C15H15N3O2/c19-15(20)13-8-16-9-14(18-13)17-12-7-3-5-10-4-1-2-6-11(10)12/h3,5,7-9H,1-2,4,6H2,(H,17,18)(H,19,20). The highest BCUT2D eigenvalue weighted by molar-refractivity contribution is 5.85. The number of benzene rings is 1. The minimum absolute atomic E-state index is 0.0557. The van der Waals surface area contributed by atoms with Crippen molar-refractivity contribution in [2.75, 3.05) is 5.32 Å². The Labute approximate surface area is 116 Å². The maximum Gasteiger partial charge on any atom is 0.356 e. The minimum atomic E-state index is -1.07. The normalized spacial score (nSPS) is 13.6. The molecule has 0 atom stereocenters. The molecule has 1 aromatic heterocycles. The summed E-state index contributed by atoms with van der Waals surface area (Å²) in [6.45, 7) is 0. The highest BCUT2D eigenvalue weighted by Crippen LogP contribution is 2.29. The van der Waals surface area contributed by atoms with Crippen LogP contribution in [0.5, 0.6) is 0 Å². The number of hydrogen-bond donors (Lipinski definition) is 2. The zero-order chi connectivity index (χ0) is 13.9. The number of carboxylic acid groups (broad SMARTS) is 1. The summed E-state index contributed by atoms with van der Waals surface area (Å²) >= 11 is 0. The molecule has 1 heterocycles. The number of hydrogen-bond acceptors (Lipinski definition) is 4. The third-order valence-electron chi connectivity index (χ3n) is 3.51. The lowest BCUT2D eigenvalue weighted by molar-refractivity contribution is 0.0690. The van der Waals surface area contributed by atoms with Gasteiger partial charge in [-0.05, 0) is 42.9 Å². The Morgan fingerprint density at radius 3 is 2.90 bits per heavy atom. The summed E-state index contributed by atoms with van der Waals surface area (Å²) in [6, 6.07) is 6.17. The Morgan fingerprint density at radius 2 is 2.05 bits per heavy atom. The van der Waals surface area contributed by atoms with Gasteiger partial charge in [0.2, 0.25) is 0 Å². The monoisotopic (exact) mass is 269 g/mol. The first-order chi connectivity index (χ1) is 9.74. The quantitative estimate of drug-likeness (QED) is 0.896. The van der Waals surface area contributed by atoms with Crippen molar-refractivity contribution in [3.05, 3.63) is 47.4 Å². The first kappa shape index (κ1) is 12.6. The number of anilines is 2. The number of carboxylic acids is 1. The molecule has 1 aliphatic rings. The summed E-state index contributed by atoms with van der Waals surface area (Å²) in [4.78, 5) is 18.9. The van der Waals surface area contributed by atoms with Crippen molar-refractivity contribution in [1.29, 1.82) is 0 Å². The van der Waals surface area contributed by atoms with Crippen LogP contribution in [-0.2, 0) is 12.8 Å². The summed E-state index contributed by atoms with van der Waals surface area (Å²) in [6.07, 6.45) is 7.34. The van der Waals surface area contributed by atoms with E-state index in [9.17, 15) is 4.79 Å². The van der Waals surface area contributed by atoms with Gasteiger partial charge in [0.1, 0.15) is 5.82 Å². The molecule has 2 aromatic rings. The van der Waals surface area contributed by atoms with Gasteiger partial charge in [0.25, 0.3) is 0 Å². The van der Waals surface area contributed by atoms with E-state index < -0.39 is 5.97 Å². The van der Waals surface area contributed by atoms with Gasteiger partial charge in [-0.1, -0.05) is 12.1 Å². The number of carbonyl (C=O) groups is 1. The van der Waals surface area contributed by atoms with Crippen LogP contribution >= 0.6 is 0 Å². The van der Waals surface area contributed by atoms with Gasteiger partial charge in [0, 0.05) is 5.69 Å². The zero-order valence-corrected chi connectivity index (χ0v) is 11.0. The van der Waals surface area contributed by atoms with Gasteiger partial charge < -0.3 is 10.4 Å². The van der Waals surface area contributed by atoms with E-state index in [2.05, 4.69) is 21.4 Å². The van der Waals surface area contributed by atoms with Crippen LogP contribution in [0.3, 0.4) is 0 Å². The number of fused-ring (bicyclic) bond motifs is 1. The van der Waals surface area contributed by atoms with Gasteiger partial charge in [-0.25, -0.2) is 9.78 Å². The summed E-state index contributed by atoms with van der Waals surface area (Å²) in [5, 5.41) is 12.1. The molecule has 5 nitrogen and oxygen atoms in total. The van der Waals surface area contributed by atoms with Gasteiger partial charge >= 0.3 is 5.97 Å². The lowest BCUT2D eigenvalue weighted by Crippen LogP contribution is -2.08. The molecule has 0 saturated carbocycles. The molecule has 2 N–H and O–H groups in total. The Morgan fingerprint density at radius 1 is 1.20 bits per heavy atom. The van der Waals surface area contributed by atoms with Crippen LogP contribution in [0.2, 0.25) is 0 Å². The molecular formula is C15H15N3O2. The Balaban J connectivity index is 1.91. The Bertz CT molecular complexity index is 655. The molecule has 0 aliphatic heterocycles. The first-order valence-corrected chi connectivity index (χ1v) is 6.67. The van der Waals surface area contributed by atoms with Crippen LogP contribution in [0, 0.1) is 0 Å². The van der Waals surface area contributed by atoms with Crippen LogP contribution < -0.4 is 5.32 Å². The topological polar surface area (TPSA) is 75.1 Å². The van der Waals surface area contributed by atoms with E-state index in [0.717, 1.165) is 18.5 Å². The van der Waals surface area contributed by atoms with Crippen molar-refractivity contribution >= 4 is 17.5 Å². The highest BCUT2D eigenvalue weighted by Gasteiger charge is 2.13. The van der Waals surface area contributed by atoms with Gasteiger partial charge in [0.15, 0.2) is 5.69 Å². The number of rotatable bonds is 3. The lowest BCUT2D eigenvalue weighted by Gasteiger charge is -2.19. The lowest BCUT2D eigenvalue weighted by atomic mass is 9.90. The second-order valence-electron chi connectivity index (χ2n) is 4.87. The first-order valence-electron chi connectivity index (χ1n) is 6.67. The van der Waals surface area contributed by atoms with Crippen molar-refractivity contribution in [2.24, 2.45) is 0 Å². The van der Waals surface area contributed by atoms with E-state index in [4.69, 9.17) is 5.11 Å². The second-order valence-corrected chi connectivity index (χ2v) is 4.87. The number of nitrogens with zero attached hydrogens (tertiary/aromatic N) is 2. The average Bonchev–Trinajstić information content (AvgIpc) is 2.48. The van der Waals surface area contributed by atoms with Crippen LogP contribution in [0.4, 0.5) is 11.5 Å². The van der Waals surface area contributed by atoms with Crippen LogP contribution in [0.1, 0.15) is 34.5 Å². The molecule has 0 spiro atoms. The highest BCUT2D eigenvalue weighted by atomic mass is 16.4. The molecule has 1 aliphatic carbocycles.